The van der Waals surface area contributed by atoms with Crippen molar-refractivity contribution in [3.63, 3.8) is 0 Å². The zero-order chi connectivity index (χ0) is 26.9. The highest BCUT2D eigenvalue weighted by Gasteiger charge is 2.38. The summed E-state index contributed by atoms with van der Waals surface area (Å²) in [6, 6.07) is 17.6. The Morgan fingerprint density at radius 2 is 1.61 bits per heavy atom. The highest BCUT2D eigenvalue weighted by Crippen LogP contribution is 2.38. The highest BCUT2D eigenvalue weighted by molar-refractivity contribution is 8.18. The average molecular weight is 542 g/mol. The summed E-state index contributed by atoms with van der Waals surface area (Å²) < 4.78 is 45.6. The second kappa shape index (κ2) is 10.4. The van der Waals surface area contributed by atoms with Crippen molar-refractivity contribution in [1.29, 1.82) is 0 Å². The van der Waals surface area contributed by atoms with Crippen molar-refractivity contribution in [1.82, 2.24) is 9.80 Å². The van der Waals surface area contributed by atoms with Crippen LogP contribution in [0.5, 0.6) is 0 Å². The molecular formula is C27H22F3N3O4S. The smallest absolute Gasteiger partial charge is 0.417 e. The Balaban J connectivity index is 1.24. The first kappa shape index (κ1) is 25.7. The van der Waals surface area contributed by atoms with Crippen LogP contribution in [-0.4, -0.2) is 59.6 Å². The minimum atomic E-state index is -4.56. The Morgan fingerprint density at radius 1 is 0.921 bits per heavy atom. The van der Waals surface area contributed by atoms with E-state index in [0.29, 0.717) is 37.9 Å². The first-order valence-corrected chi connectivity index (χ1v) is 12.6. The van der Waals surface area contributed by atoms with Crippen LogP contribution in [0.4, 0.5) is 23.7 Å². The number of piperazine rings is 1. The van der Waals surface area contributed by atoms with Crippen LogP contribution in [0.3, 0.4) is 0 Å². The van der Waals surface area contributed by atoms with Crippen molar-refractivity contribution in [2.45, 2.75) is 6.18 Å². The normalized spacial score (nSPS) is 17.6. The molecular weight excluding hydrogens is 519 g/mol. The molecule has 38 heavy (non-hydrogen) atoms. The van der Waals surface area contributed by atoms with Crippen LogP contribution in [0.25, 0.3) is 17.4 Å². The Bertz CT molecular complexity index is 1400. The van der Waals surface area contributed by atoms with Gasteiger partial charge in [0.15, 0.2) is 0 Å². The third-order valence-corrected chi connectivity index (χ3v) is 7.23. The summed E-state index contributed by atoms with van der Waals surface area (Å²) >= 11 is 0.655. The first-order chi connectivity index (χ1) is 18.2. The quantitative estimate of drug-likeness (QED) is 0.406. The topological polar surface area (TPSA) is 74.1 Å². The van der Waals surface area contributed by atoms with E-state index in [0.717, 1.165) is 16.7 Å². The minimum Gasteiger partial charge on any atom is -0.457 e. The fourth-order valence-corrected chi connectivity index (χ4v) is 5.19. The highest BCUT2D eigenvalue weighted by atomic mass is 32.2. The molecule has 0 aliphatic carbocycles. The molecule has 7 nitrogen and oxygen atoms in total. The number of hydrogen-bond donors (Lipinski definition) is 0. The van der Waals surface area contributed by atoms with Gasteiger partial charge in [-0.15, -0.1) is 0 Å². The molecule has 11 heteroatoms. The van der Waals surface area contributed by atoms with Crippen LogP contribution in [0.1, 0.15) is 11.3 Å². The van der Waals surface area contributed by atoms with Gasteiger partial charge in [-0.1, -0.05) is 36.4 Å². The number of para-hydroxylation sites is 1. The molecule has 0 spiro atoms. The van der Waals surface area contributed by atoms with Gasteiger partial charge >= 0.3 is 6.18 Å². The summed E-state index contributed by atoms with van der Waals surface area (Å²) in [6.07, 6.45) is -3.26. The van der Waals surface area contributed by atoms with Crippen molar-refractivity contribution in [2.75, 3.05) is 37.6 Å². The predicted octanol–water partition coefficient (Wildman–Crippen LogP) is 5.35. The Morgan fingerprint density at radius 3 is 2.32 bits per heavy atom. The number of carbonyl (C=O) groups is 3. The maximum Gasteiger partial charge on any atom is 0.417 e. The van der Waals surface area contributed by atoms with Crippen LogP contribution in [0.2, 0.25) is 0 Å². The molecule has 0 bridgehead atoms. The molecule has 1 aromatic heterocycles. The van der Waals surface area contributed by atoms with Crippen molar-refractivity contribution in [3.05, 3.63) is 83.0 Å². The van der Waals surface area contributed by atoms with Crippen LogP contribution in [-0.2, 0) is 15.8 Å². The molecule has 2 saturated heterocycles. The molecule has 3 aromatic rings. The lowest BCUT2D eigenvalue weighted by molar-refractivity contribution is -0.137. The first-order valence-electron chi connectivity index (χ1n) is 11.8. The number of benzene rings is 2. The summed E-state index contributed by atoms with van der Waals surface area (Å²) in [5.41, 5.74) is 0.0914. The number of nitrogens with zero attached hydrogens (tertiary/aromatic N) is 3. The van der Waals surface area contributed by atoms with E-state index in [4.69, 9.17) is 4.42 Å². The van der Waals surface area contributed by atoms with Gasteiger partial charge in [-0.25, -0.2) is 0 Å². The van der Waals surface area contributed by atoms with Crippen molar-refractivity contribution < 1.29 is 32.0 Å². The second-order valence-corrected chi connectivity index (χ2v) is 9.71. The van der Waals surface area contributed by atoms with E-state index >= 15 is 0 Å². The average Bonchev–Trinajstić information content (AvgIpc) is 3.49. The maximum atomic E-state index is 13.4. The fourth-order valence-electron chi connectivity index (χ4n) is 4.37. The van der Waals surface area contributed by atoms with E-state index in [1.807, 2.05) is 30.3 Å². The van der Waals surface area contributed by atoms with E-state index in [1.165, 1.54) is 36.4 Å². The van der Waals surface area contributed by atoms with Gasteiger partial charge in [-0.05, 0) is 42.1 Å². The molecule has 5 rings (SSSR count). The molecule has 196 valence electrons. The molecule has 2 aromatic carbocycles. The van der Waals surface area contributed by atoms with Crippen molar-refractivity contribution in [2.24, 2.45) is 0 Å². The summed E-state index contributed by atoms with van der Waals surface area (Å²) in [5, 5.41) is -0.591. The SMILES string of the molecule is O=C(CN1C(=O)S/C(=C/c2ccc(-c3ccccc3C(F)(F)F)o2)C1=O)N1CCN(c2ccccc2)CC1. The lowest BCUT2D eigenvalue weighted by atomic mass is 10.1. The Kier molecular flexibility index (Phi) is 7.02. The number of anilines is 1. The number of carbonyl (C=O) groups excluding carboxylic acids is 3. The number of furan rings is 1. The third-order valence-electron chi connectivity index (χ3n) is 6.32. The van der Waals surface area contributed by atoms with E-state index in [-0.39, 0.29) is 34.4 Å². The fraction of sp³-hybridized carbons (Fsp3) is 0.222. The van der Waals surface area contributed by atoms with Gasteiger partial charge in [0.25, 0.3) is 11.1 Å². The van der Waals surface area contributed by atoms with Crippen LogP contribution in [0.15, 0.2) is 76.1 Å². The minimum absolute atomic E-state index is 0.0202. The van der Waals surface area contributed by atoms with E-state index in [2.05, 4.69) is 4.90 Å². The van der Waals surface area contributed by atoms with Crippen molar-refractivity contribution in [3.8, 4) is 11.3 Å². The monoisotopic (exact) mass is 541 g/mol. The predicted molar refractivity (Wildman–Crippen MR) is 137 cm³/mol. The molecule has 0 unspecified atom stereocenters. The lowest BCUT2D eigenvalue weighted by Gasteiger charge is -2.36. The molecule has 0 N–H and O–H groups in total. The number of hydrogen-bond acceptors (Lipinski definition) is 6. The van der Waals surface area contributed by atoms with Crippen LogP contribution in [0, 0.1) is 0 Å². The van der Waals surface area contributed by atoms with Gasteiger partial charge in [-0.2, -0.15) is 13.2 Å². The second-order valence-electron chi connectivity index (χ2n) is 8.72. The molecule has 2 aliphatic heterocycles. The molecule has 2 fully saturated rings. The van der Waals surface area contributed by atoms with Crippen molar-refractivity contribution >= 4 is 40.6 Å². The number of amides is 3. The number of thioether (sulfide) groups is 1. The molecule has 3 amide bonds. The van der Waals surface area contributed by atoms with E-state index < -0.39 is 22.9 Å². The molecule has 3 heterocycles. The van der Waals surface area contributed by atoms with Crippen LogP contribution >= 0.6 is 11.8 Å². The number of imide groups is 1. The lowest BCUT2D eigenvalue weighted by Crippen LogP contribution is -2.51. The Labute approximate surface area is 220 Å². The summed E-state index contributed by atoms with van der Waals surface area (Å²) in [4.78, 5) is 43.0. The summed E-state index contributed by atoms with van der Waals surface area (Å²) in [5.74, 6) is -0.880. The van der Waals surface area contributed by atoms with E-state index in [1.54, 1.807) is 4.90 Å². The molecule has 0 atom stereocenters. The summed E-state index contributed by atoms with van der Waals surface area (Å²) in [7, 11) is 0. The molecule has 2 aliphatic rings. The standard InChI is InChI=1S/C27H22F3N3O4S/c28-27(29,30)21-9-5-4-8-20(21)22-11-10-19(37-22)16-23-25(35)33(26(36)38-23)17-24(34)32-14-12-31(13-15-32)18-6-2-1-3-7-18/h1-11,16H,12-15,17H2/b23-16+. The van der Waals surface area contributed by atoms with Gasteiger partial charge in [-0.3, -0.25) is 19.3 Å². The maximum absolute atomic E-state index is 13.4. The van der Waals surface area contributed by atoms with Crippen LogP contribution < -0.4 is 4.90 Å². The zero-order valence-corrected chi connectivity index (χ0v) is 20.8. The van der Waals surface area contributed by atoms with Gasteiger partial charge < -0.3 is 14.2 Å². The van der Waals surface area contributed by atoms with Gasteiger partial charge in [0, 0.05) is 43.5 Å². The van der Waals surface area contributed by atoms with E-state index in [9.17, 15) is 27.6 Å². The molecule has 0 radical (unpaired) electrons. The Hall–Kier alpha value is -3.99. The number of alkyl halides is 3. The summed E-state index contributed by atoms with van der Waals surface area (Å²) in [6.45, 7) is 1.82. The largest absolute Gasteiger partial charge is 0.457 e. The number of halogens is 3. The number of rotatable bonds is 5. The zero-order valence-electron chi connectivity index (χ0n) is 20.0. The van der Waals surface area contributed by atoms with Gasteiger partial charge in [0.2, 0.25) is 5.91 Å². The van der Waals surface area contributed by atoms with Gasteiger partial charge in [0.1, 0.15) is 18.1 Å². The molecule has 0 saturated carbocycles. The van der Waals surface area contributed by atoms with Gasteiger partial charge in [0.05, 0.1) is 10.5 Å². The third kappa shape index (κ3) is 5.33.